The number of aryl methyl sites for hydroxylation is 3. The topological polar surface area (TPSA) is 60.7 Å². The molecule has 0 unspecified atom stereocenters. The first-order valence-corrected chi connectivity index (χ1v) is 6.18. The van der Waals surface area contributed by atoms with Gasteiger partial charge in [-0.25, -0.2) is 0 Å². The second-order valence-corrected chi connectivity index (χ2v) is 4.92. The molecule has 3 nitrogen and oxygen atoms in total. The summed E-state index contributed by atoms with van der Waals surface area (Å²) in [6.07, 6.45) is 0. The number of aromatic hydroxyl groups is 2. The number of rotatable bonds is 2. The van der Waals surface area contributed by atoms with Gasteiger partial charge >= 0.3 is 0 Å². The van der Waals surface area contributed by atoms with E-state index >= 15 is 0 Å². The molecule has 0 radical (unpaired) electrons. The number of aliphatic hydroxyl groups excluding tert-OH is 1. The van der Waals surface area contributed by atoms with Gasteiger partial charge in [0.2, 0.25) is 0 Å². The lowest BCUT2D eigenvalue weighted by molar-refractivity contribution is 0.275. The monoisotopic (exact) mass is 258 g/mol. The van der Waals surface area contributed by atoms with E-state index in [0.29, 0.717) is 11.3 Å². The summed E-state index contributed by atoms with van der Waals surface area (Å²) in [5.41, 5.74) is 4.75. The van der Waals surface area contributed by atoms with E-state index in [1.807, 2.05) is 32.0 Å². The van der Waals surface area contributed by atoms with Crippen molar-refractivity contribution in [2.24, 2.45) is 0 Å². The van der Waals surface area contributed by atoms with Crippen LogP contribution in [0.3, 0.4) is 0 Å². The average molecular weight is 258 g/mol. The normalized spacial score (nSPS) is 10.7. The molecule has 0 amide bonds. The van der Waals surface area contributed by atoms with Gasteiger partial charge < -0.3 is 15.3 Å². The standard InChI is InChI=1S/C16H18O3/c1-9-4-12(5-10(2)15(9)18)13-6-11(3)16(19)14(7-13)8-17/h4-7,17-19H,8H2,1-3H3. The van der Waals surface area contributed by atoms with E-state index in [1.54, 1.807) is 13.0 Å². The van der Waals surface area contributed by atoms with E-state index in [9.17, 15) is 15.3 Å². The van der Waals surface area contributed by atoms with Crippen LogP contribution < -0.4 is 0 Å². The Kier molecular flexibility index (Phi) is 3.49. The molecule has 0 bridgehead atoms. The zero-order chi connectivity index (χ0) is 14.2. The summed E-state index contributed by atoms with van der Waals surface area (Å²) >= 11 is 0. The Labute approximate surface area is 112 Å². The lowest BCUT2D eigenvalue weighted by Crippen LogP contribution is -1.91. The van der Waals surface area contributed by atoms with Crippen LogP contribution in [0, 0.1) is 20.8 Å². The van der Waals surface area contributed by atoms with Crippen LogP contribution in [0.25, 0.3) is 11.1 Å². The molecule has 0 saturated heterocycles. The van der Waals surface area contributed by atoms with Gasteiger partial charge in [0.25, 0.3) is 0 Å². The second kappa shape index (κ2) is 4.94. The Morgan fingerprint density at radius 2 is 1.16 bits per heavy atom. The number of phenolic OH excluding ortho intramolecular Hbond substituents is 1. The highest BCUT2D eigenvalue weighted by atomic mass is 16.3. The average Bonchev–Trinajstić information content (AvgIpc) is 2.38. The van der Waals surface area contributed by atoms with Crippen molar-refractivity contribution in [1.82, 2.24) is 0 Å². The van der Waals surface area contributed by atoms with Gasteiger partial charge in [-0.1, -0.05) is 0 Å². The second-order valence-electron chi connectivity index (χ2n) is 4.92. The molecule has 0 aliphatic carbocycles. The van der Waals surface area contributed by atoms with Crippen LogP contribution in [-0.4, -0.2) is 15.3 Å². The molecule has 0 spiro atoms. The first-order valence-electron chi connectivity index (χ1n) is 6.18. The summed E-state index contributed by atoms with van der Waals surface area (Å²) in [5, 5.41) is 28.9. The van der Waals surface area contributed by atoms with Gasteiger partial charge in [0.1, 0.15) is 11.5 Å². The molecule has 19 heavy (non-hydrogen) atoms. The molecule has 0 heterocycles. The third kappa shape index (κ3) is 2.42. The summed E-state index contributed by atoms with van der Waals surface area (Å²) < 4.78 is 0. The largest absolute Gasteiger partial charge is 0.507 e. The lowest BCUT2D eigenvalue weighted by Gasteiger charge is -2.12. The Morgan fingerprint density at radius 1 is 0.737 bits per heavy atom. The highest BCUT2D eigenvalue weighted by Gasteiger charge is 2.10. The third-order valence-corrected chi connectivity index (χ3v) is 3.37. The highest BCUT2D eigenvalue weighted by Crippen LogP contribution is 2.33. The zero-order valence-electron chi connectivity index (χ0n) is 11.4. The third-order valence-electron chi connectivity index (χ3n) is 3.37. The Bertz CT molecular complexity index is 607. The number of phenols is 2. The first kappa shape index (κ1) is 13.4. The molecular weight excluding hydrogens is 240 g/mol. The van der Waals surface area contributed by atoms with Gasteiger partial charge in [0.05, 0.1) is 6.61 Å². The maximum Gasteiger partial charge on any atom is 0.124 e. The Morgan fingerprint density at radius 3 is 1.63 bits per heavy atom. The van der Waals surface area contributed by atoms with Crippen LogP contribution >= 0.6 is 0 Å². The van der Waals surface area contributed by atoms with Gasteiger partial charge in [-0.3, -0.25) is 0 Å². The number of aliphatic hydroxyl groups is 1. The summed E-state index contributed by atoms with van der Waals surface area (Å²) in [7, 11) is 0. The van der Waals surface area contributed by atoms with Crippen LogP contribution in [0.5, 0.6) is 11.5 Å². The minimum Gasteiger partial charge on any atom is -0.507 e. The quantitative estimate of drug-likeness (QED) is 0.775. The fraction of sp³-hybridized carbons (Fsp3) is 0.250. The van der Waals surface area contributed by atoms with Crippen LogP contribution in [0.1, 0.15) is 22.3 Å². The number of benzene rings is 2. The van der Waals surface area contributed by atoms with Crippen LogP contribution in [-0.2, 0) is 6.61 Å². The molecule has 0 saturated carbocycles. The van der Waals surface area contributed by atoms with E-state index in [1.165, 1.54) is 0 Å². The molecule has 3 heteroatoms. The smallest absolute Gasteiger partial charge is 0.124 e. The molecule has 2 rings (SSSR count). The number of hydrogen-bond donors (Lipinski definition) is 3. The van der Waals surface area contributed by atoms with Crippen LogP contribution in [0.4, 0.5) is 0 Å². The van der Waals surface area contributed by atoms with E-state index in [4.69, 9.17) is 0 Å². The van der Waals surface area contributed by atoms with Gasteiger partial charge in [-0.2, -0.15) is 0 Å². The van der Waals surface area contributed by atoms with Crippen molar-refractivity contribution in [2.75, 3.05) is 0 Å². The van der Waals surface area contributed by atoms with E-state index in [0.717, 1.165) is 27.8 Å². The summed E-state index contributed by atoms with van der Waals surface area (Å²) in [6.45, 7) is 5.31. The highest BCUT2D eigenvalue weighted by molar-refractivity contribution is 5.70. The molecule has 0 aromatic heterocycles. The summed E-state index contributed by atoms with van der Waals surface area (Å²) in [5.74, 6) is 0.445. The lowest BCUT2D eigenvalue weighted by atomic mass is 9.96. The van der Waals surface area contributed by atoms with Crippen molar-refractivity contribution in [3.05, 3.63) is 46.5 Å². The van der Waals surface area contributed by atoms with Gasteiger partial charge in [0.15, 0.2) is 0 Å². The van der Waals surface area contributed by atoms with Crippen molar-refractivity contribution in [3.8, 4) is 22.6 Å². The molecule has 2 aromatic carbocycles. The predicted octanol–water partition coefficient (Wildman–Crippen LogP) is 3.18. The van der Waals surface area contributed by atoms with Crippen molar-refractivity contribution in [2.45, 2.75) is 27.4 Å². The maximum atomic E-state index is 9.82. The van der Waals surface area contributed by atoms with E-state index < -0.39 is 0 Å². The molecule has 100 valence electrons. The molecule has 0 aliphatic heterocycles. The van der Waals surface area contributed by atoms with Crippen molar-refractivity contribution in [1.29, 1.82) is 0 Å². The van der Waals surface area contributed by atoms with E-state index in [2.05, 4.69) is 0 Å². The predicted molar refractivity (Wildman–Crippen MR) is 75.3 cm³/mol. The minimum absolute atomic E-state index is 0.137. The summed E-state index contributed by atoms with van der Waals surface area (Å²) in [4.78, 5) is 0. The summed E-state index contributed by atoms with van der Waals surface area (Å²) in [6, 6.07) is 7.44. The Balaban J connectivity index is 2.62. The Hall–Kier alpha value is -2.00. The fourth-order valence-electron chi connectivity index (χ4n) is 2.26. The van der Waals surface area contributed by atoms with Crippen LogP contribution in [0.2, 0.25) is 0 Å². The van der Waals surface area contributed by atoms with Crippen molar-refractivity contribution < 1.29 is 15.3 Å². The van der Waals surface area contributed by atoms with Crippen molar-refractivity contribution in [3.63, 3.8) is 0 Å². The minimum atomic E-state index is -0.198. The molecule has 2 aromatic rings. The molecule has 0 aliphatic rings. The zero-order valence-corrected chi connectivity index (χ0v) is 11.4. The SMILES string of the molecule is Cc1cc(-c2cc(C)c(O)c(CO)c2)cc(C)c1O. The maximum absolute atomic E-state index is 9.82. The number of hydrogen-bond acceptors (Lipinski definition) is 3. The fourth-order valence-corrected chi connectivity index (χ4v) is 2.26. The molecular formula is C16H18O3. The van der Waals surface area contributed by atoms with Crippen molar-refractivity contribution >= 4 is 0 Å². The van der Waals surface area contributed by atoms with Gasteiger partial charge in [-0.05, 0) is 72.9 Å². The van der Waals surface area contributed by atoms with Gasteiger partial charge in [0, 0.05) is 5.56 Å². The van der Waals surface area contributed by atoms with Crippen LogP contribution in [0.15, 0.2) is 24.3 Å². The first-order chi connectivity index (χ1) is 8.93. The molecule has 0 fully saturated rings. The van der Waals surface area contributed by atoms with Gasteiger partial charge in [-0.15, -0.1) is 0 Å². The molecule has 0 atom stereocenters. The van der Waals surface area contributed by atoms with E-state index in [-0.39, 0.29) is 12.4 Å². The molecule has 3 N–H and O–H groups in total.